The van der Waals surface area contributed by atoms with Crippen LogP contribution in [0.1, 0.15) is 22.5 Å². The Morgan fingerprint density at radius 3 is 3.00 bits per heavy atom. The van der Waals surface area contributed by atoms with Crippen molar-refractivity contribution in [3.8, 4) is 5.82 Å². The largest absolute Gasteiger partial charge is 0.347 e. The van der Waals surface area contributed by atoms with Crippen LogP contribution in [0.4, 0.5) is 0 Å². The van der Waals surface area contributed by atoms with E-state index >= 15 is 0 Å². The van der Waals surface area contributed by atoms with E-state index in [0.29, 0.717) is 11.5 Å². The lowest BCUT2D eigenvalue weighted by Gasteiger charge is -2.12. The van der Waals surface area contributed by atoms with E-state index in [9.17, 15) is 4.79 Å². The highest BCUT2D eigenvalue weighted by molar-refractivity contribution is 5.92. The molecular weight excluding hydrogens is 290 g/mol. The molecule has 2 aromatic rings. The van der Waals surface area contributed by atoms with E-state index in [2.05, 4.69) is 20.6 Å². The van der Waals surface area contributed by atoms with Gasteiger partial charge in [-0.25, -0.2) is 9.97 Å². The molecule has 1 aliphatic rings. The Hall–Kier alpha value is -1.92. The molecule has 2 N–H and O–H groups in total. The molecule has 3 heterocycles. The van der Waals surface area contributed by atoms with Crippen LogP contribution in [0, 0.1) is 6.92 Å². The summed E-state index contributed by atoms with van der Waals surface area (Å²) in [6.07, 6.45) is 6.13. The third-order valence-electron chi connectivity index (χ3n) is 3.35. The van der Waals surface area contributed by atoms with Gasteiger partial charge in [-0.05, 0) is 37.6 Å². The highest BCUT2D eigenvalue weighted by Crippen LogP contribution is 2.10. The summed E-state index contributed by atoms with van der Waals surface area (Å²) in [5.74, 6) is 0.584. The normalized spacial score (nSPS) is 17.3. The van der Waals surface area contributed by atoms with Gasteiger partial charge in [-0.2, -0.15) is 0 Å². The molecule has 0 aromatic carbocycles. The zero-order chi connectivity index (χ0) is 13.9. The SMILES string of the molecule is Cc1cc(C(=O)N[C@@H]2CCNC2)nc(-n2ccnc2)c1.Cl. The molecule has 0 saturated carbocycles. The second kappa shape index (κ2) is 6.69. The summed E-state index contributed by atoms with van der Waals surface area (Å²) in [4.78, 5) is 20.7. The number of halogens is 1. The molecule has 1 fully saturated rings. The minimum Gasteiger partial charge on any atom is -0.347 e. The van der Waals surface area contributed by atoms with E-state index < -0.39 is 0 Å². The molecule has 7 heteroatoms. The topological polar surface area (TPSA) is 71.8 Å². The quantitative estimate of drug-likeness (QED) is 0.890. The van der Waals surface area contributed by atoms with Crippen molar-refractivity contribution < 1.29 is 4.79 Å². The fourth-order valence-corrected chi connectivity index (χ4v) is 2.33. The van der Waals surface area contributed by atoms with E-state index in [1.54, 1.807) is 23.2 Å². The summed E-state index contributed by atoms with van der Waals surface area (Å²) in [5.41, 5.74) is 1.44. The minimum absolute atomic E-state index is 0. The molecule has 0 radical (unpaired) electrons. The van der Waals surface area contributed by atoms with Gasteiger partial charge in [-0.15, -0.1) is 12.4 Å². The third kappa shape index (κ3) is 3.59. The zero-order valence-corrected chi connectivity index (χ0v) is 12.6. The molecule has 3 rings (SSSR count). The maximum Gasteiger partial charge on any atom is 0.270 e. The number of imidazole rings is 1. The molecule has 1 saturated heterocycles. The van der Waals surface area contributed by atoms with Crippen molar-refractivity contribution in [2.24, 2.45) is 0 Å². The van der Waals surface area contributed by atoms with Gasteiger partial charge in [-0.3, -0.25) is 9.36 Å². The van der Waals surface area contributed by atoms with Gasteiger partial charge in [0.1, 0.15) is 17.8 Å². The molecule has 21 heavy (non-hydrogen) atoms. The van der Waals surface area contributed by atoms with Gasteiger partial charge in [0.25, 0.3) is 5.91 Å². The van der Waals surface area contributed by atoms with Gasteiger partial charge in [0, 0.05) is 25.0 Å². The Kier molecular flexibility index (Phi) is 4.93. The first-order valence-corrected chi connectivity index (χ1v) is 6.71. The van der Waals surface area contributed by atoms with Gasteiger partial charge >= 0.3 is 0 Å². The molecule has 0 unspecified atom stereocenters. The van der Waals surface area contributed by atoms with E-state index in [0.717, 1.165) is 25.1 Å². The van der Waals surface area contributed by atoms with Crippen LogP contribution < -0.4 is 10.6 Å². The second-order valence-electron chi connectivity index (χ2n) is 5.02. The third-order valence-corrected chi connectivity index (χ3v) is 3.35. The summed E-state index contributed by atoms with van der Waals surface area (Å²) < 4.78 is 1.79. The lowest BCUT2D eigenvalue weighted by molar-refractivity contribution is 0.0935. The van der Waals surface area contributed by atoms with Crippen LogP contribution in [0.5, 0.6) is 0 Å². The van der Waals surface area contributed by atoms with E-state index in [1.807, 2.05) is 19.2 Å². The number of aromatic nitrogens is 3. The number of pyridine rings is 1. The molecular formula is C14H18ClN5O. The molecule has 1 aliphatic heterocycles. The smallest absolute Gasteiger partial charge is 0.270 e. The van der Waals surface area contributed by atoms with Crippen molar-refractivity contribution in [3.05, 3.63) is 42.1 Å². The average Bonchev–Trinajstić information content (AvgIpc) is 3.11. The van der Waals surface area contributed by atoms with Crippen molar-refractivity contribution in [3.63, 3.8) is 0 Å². The second-order valence-corrected chi connectivity index (χ2v) is 5.02. The van der Waals surface area contributed by atoms with E-state index in [-0.39, 0.29) is 24.4 Å². The van der Waals surface area contributed by atoms with Gasteiger partial charge in [-0.1, -0.05) is 0 Å². The molecule has 6 nitrogen and oxygen atoms in total. The van der Waals surface area contributed by atoms with Crippen LogP contribution in [0.2, 0.25) is 0 Å². The van der Waals surface area contributed by atoms with Crippen LogP contribution >= 0.6 is 12.4 Å². The number of rotatable bonds is 3. The number of hydrogen-bond acceptors (Lipinski definition) is 4. The molecule has 2 aromatic heterocycles. The van der Waals surface area contributed by atoms with Gasteiger partial charge in [0.2, 0.25) is 0 Å². The number of aryl methyl sites for hydroxylation is 1. The first-order valence-electron chi connectivity index (χ1n) is 6.71. The van der Waals surface area contributed by atoms with Crippen molar-refractivity contribution in [1.82, 2.24) is 25.2 Å². The Balaban J connectivity index is 0.00000161. The average molecular weight is 308 g/mol. The van der Waals surface area contributed by atoms with Crippen molar-refractivity contribution >= 4 is 18.3 Å². The molecule has 1 amide bonds. The first kappa shape index (κ1) is 15.5. The first-order chi connectivity index (χ1) is 9.72. The van der Waals surface area contributed by atoms with Crippen LogP contribution in [0.15, 0.2) is 30.9 Å². The molecule has 112 valence electrons. The number of carbonyl (C=O) groups is 1. The highest BCUT2D eigenvalue weighted by atomic mass is 35.5. The Labute approximate surface area is 129 Å². The minimum atomic E-state index is -0.122. The predicted octanol–water partition coefficient (Wildman–Crippen LogP) is 1.09. The fraction of sp³-hybridized carbons (Fsp3) is 0.357. The molecule has 1 atom stereocenters. The number of hydrogen-bond donors (Lipinski definition) is 2. The van der Waals surface area contributed by atoms with Crippen LogP contribution in [-0.4, -0.2) is 39.6 Å². The monoisotopic (exact) mass is 307 g/mol. The number of nitrogens with one attached hydrogen (secondary N) is 2. The highest BCUT2D eigenvalue weighted by Gasteiger charge is 2.18. The molecule has 0 aliphatic carbocycles. The van der Waals surface area contributed by atoms with E-state index in [1.165, 1.54) is 0 Å². The van der Waals surface area contributed by atoms with Crippen molar-refractivity contribution in [2.45, 2.75) is 19.4 Å². The predicted molar refractivity (Wildman–Crippen MR) is 82.1 cm³/mol. The number of nitrogens with zero attached hydrogens (tertiary/aromatic N) is 3. The standard InChI is InChI=1S/C14H17N5O.ClH/c1-10-6-12(14(20)17-11-2-3-15-8-11)18-13(7-10)19-5-4-16-9-19;/h4-7,9,11,15H,2-3,8H2,1H3,(H,17,20);1H/t11-;/m1./s1. The maximum absolute atomic E-state index is 12.2. The van der Waals surface area contributed by atoms with Crippen LogP contribution in [0.3, 0.4) is 0 Å². The summed E-state index contributed by atoms with van der Waals surface area (Å²) in [7, 11) is 0. The van der Waals surface area contributed by atoms with Crippen LogP contribution in [-0.2, 0) is 0 Å². The Morgan fingerprint density at radius 1 is 1.48 bits per heavy atom. The van der Waals surface area contributed by atoms with Crippen molar-refractivity contribution in [2.75, 3.05) is 13.1 Å². The summed E-state index contributed by atoms with van der Waals surface area (Å²) >= 11 is 0. The maximum atomic E-state index is 12.2. The van der Waals surface area contributed by atoms with Gasteiger partial charge in [0.15, 0.2) is 0 Å². The van der Waals surface area contributed by atoms with E-state index in [4.69, 9.17) is 0 Å². The Bertz CT molecular complexity index is 608. The summed E-state index contributed by atoms with van der Waals surface area (Å²) in [5, 5.41) is 6.23. The fourth-order valence-electron chi connectivity index (χ4n) is 2.33. The lowest BCUT2D eigenvalue weighted by atomic mass is 10.2. The van der Waals surface area contributed by atoms with Crippen LogP contribution in [0.25, 0.3) is 5.82 Å². The Morgan fingerprint density at radius 2 is 2.33 bits per heavy atom. The number of amides is 1. The molecule has 0 bridgehead atoms. The summed E-state index contributed by atoms with van der Waals surface area (Å²) in [6.45, 7) is 3.73. The molecule has 0 spiro atoms. The van der Waals surface area contributed by atoms with Crippen molar-refractivity contribution in [1.29, 1.82) is 0 Å². The summed E-state index contributed by atoms with van der Waals surface area (Å²) in [6, 6.07) is 3.93. The van der Waals surface area contributed by atoms with Gasteiger partial charge < -0.3 is 10.6 Å². The zero-order valence-electron chi connectivity index (χ0n) is 11.7. The lowest BCUT2D eigenvalue weighted by Crippen LogP contribution is -2.36. The number of carbonyl (C=O) groups excluding carboxylic acids is 1. The van der Waals surface area contributed by atoms with Gasteiger partial charge in [0.05, 0.1) is 0 Å².